The number of para-hydroxylation sites is 1. The Bertz CT molecular complexity index is 644. The van der Waals surface area contributed by atoms with Gasteiger partial charge in [0.1, 0.15) is 11.6 Å². The van der Waals surface area contributed by atoms with Gasteiger partial charge in [-0.3, -0.25) is 4.79 Å². The standard InChI is InChI=1S/C15H15FN2O2/c1-2-18(10-5-3-6-11(19)9-10)15(20)12-7-4-8-13(16)14(12)17/h3-9,19H,2,17H2,1H3. The molecular weight excluding hydrogens is 259 g/mol. The maximum absolute atomic E-state index is 13.4. The van der Waals surface area contributed by atoms with E-state index in [0.717, 1.165) is 0 Å². The molecule has 0 heterocycles. The van der Waals surface area contributed by atoms with Gasteiger partial charge in [0.15, 0.2) is 0 Å². The first-order valence-corrected chi connectivity index (χ1v) is 6.19. The van der Waals surface area contributed by atoms with Gasteiger partial charge in [0, 0.05) is 18.3 Å². The van der Waals surface area contributed by atoms with Crippen molar-refractivity contribution in [1.82, 2.24) is 0 Å². The fourth-order valence-electron chi connectivity index (χ4n) is 1.97. The highest BCUT2D eigenvalue weighted by Crippen LogP contribution is 2.24. The Kier molecular flexibility index (Phi) is 3.89. The lowest BCUT2D eigenvalue weighted by Gasteiger charge is -2.22. The first kappa shape index (κ1) is 13.9. The maximum Gasteiger partial charge on any atom is 0.260 e. The number of nitrogens with two attached hydrogens (primary N) is 1. The lowest BCUT2D eigenvalue weighted by molar-refractivity contribution is 0.0989. The van der Waals surface area contributed by atoms with Crippen molar-refractivity contribution in [3.8, 4) is 5.75 Å². The smallest absolute Gasteiger partial charge is 0.260 e. The largest absolute Gasteiger partial charge is 0.508 e. The summed E-state index contributed by atoms with van der Waals surface area (Å²) in [5.74, 6) is -0.973. The van der Waals surface area contributed by atoms with Gasteiger partial charge >= 0.3 is 0 Å². The third kappa shape index (κ3) is 2.56. The van der Waals surface area contributed by atoms with Crippen LogP contribution in [-0.4, -0.2) is 17.6 Å². The van der Waals surface area contributed by atoms with Crippen LogP contribution in [0.15, 0.2) is 42.5 Å². The molecule has 0 bridgehead atoms. The minimum absolute atomic E-state index is 0.0564. The van der Waals surface area contributed by atoms with Crippen LogP contribution in [0.4, 0.5) is 15.8 Å². The quantitative estimate of drug-likeness (QED) is 0.846. The highest BCUT2D eigenvalue weighted by molar-refractivity contribution is 6.09. The first-order valence-electron chi connectivity index (χ1n) is 6.19. The number of benzene rings is 2. The van der Waals surface area contributed by atoms with Crippen LogP contribution in [-0.2, 0) is 0 Å². The second-order valence-corrected chi connectivity index (χ2v) is 4.27. The molecule has 3 N–H and O–H groups in total. The van der Waals surface area contributed by atoms with E-state index in [1.54, 1.807) is 19.1 Å². The summed E-state index contributed by atoms with van der Waals surface area (Å²) in [6.45, 7) is 2.16. The van der Waals surface area contributed by atoms with E-state index >= 15 is 0 Å². The van der Waals surface area contributed by atoms with Crippen LogP contribution < -0.4 is 10.6 Å². The number of nitrogen functional groups attached to an aromatic ring is 1. The minimum atomic E-state index is -0.622. The number of phenolic OH excluding ortho intramolecular Hbond substituents is 1. The second-order valence-electron chi connectivity index (χ2n) is 4.27. The molecular formula is C15H15FN2O2. The van der Waals surface area contributed by atoms with Crippen molar-refractivity contribution in [3.63, 3.8) is 0 Å². The number of amides is 1. The Morgan fingerprint density at radius 2 is 2.00 bits per heavy atom. The van der Waals surface area contributed by atoms with Crippen LogP contribution in [0, 0.1) is 5.82 Å². The Balaban J connectivity index is 2.42. The first-order chi connectivity index (χ1) is 9.54. The molecule has 104 valence electrons. The number of carbonyl (C=O) groups is 1. The van der Waals surface area contributed by atoms with Gasteiger partial charge in [-0.25, -0.2) is 4.39 Å². The zero-order chi connectivity index (χ0) is 14.7. The number of anilines is 2. The number of aromatic hydroxyl groups is 1. The Labute approximate surface area is 116 Å². The van der Waals surface area contributed by atoms with E-state index in [1.165, 1.54) is 35.2 Å². The van der Waals surface area contributed by atoms with E-state index in [-0.39, 0.29) is 17.0 Å². The summed E-state index contributed by atoms with van der Waals surface area (Å²) < 4.78 is 13.4. The van der Waals surface area contributed by atoms with Crippen LogP contribution in [0.1, 0.15) is 17.3 Å². The van der Waals surface area contributed by atoms with Gasteiger partial charge in [0.2, 0.25) is 0 Å². The van der Waals surface area contributed by atoms with Gasteiger partial charge in [-0.15, -0.1) is 0 Å². The lowest BCUT2D eigenvalue weighted by atomic mass is 10.1. The van der Waals surface area contributed by atoms with Crippen LogP contribution in [0.5, 0.6) is 5.75 Å². The normalized spacial score (nSPS) is 10.3. The van der Waals surface area contributed by atoms with Crippen LogP contribution in [0.3, 0.4) is 0 Å². The van der Waals surface area contributed by atoms with Crippen molar-refractivity contribution in [2.75, 3.05) is 17.2 Å². The van der Waals surface area contributed by atoms with Gasteiger partial charge < -0.3 is 15.7 Å². The third-order valence-electron chi connectivity index (χ3n) is 2.99. The number of hydrogen-bond donors (Lipinski definition) is 2. The lowest BCUT2D eigenvalue weighted by Crippen LogP contribution is -2.31. The molecule has 2 rings (SSSR count). The third-order valence-corrected chi connectivity index (χ3v) is 2.99. The van der Waals surface area contributed by atoms with Crippen molar-refractivity contribution in [3.05, 3.63) is 53.8 Å². The van der Waals surface area contributed by atoms with Crippen molar-refractivity contribution in [2.45, 2.75) is 6.92 Å². The van der Waals surface area contributed by atoms with Gasteiger partial charge in [-0.2, -0.15) is 0 Å². The van der Waals surface area contributed by atoms with E-state index in [0.29, 0.717) is 12.2 Å². The molecule has 0 unspecified atom stereocenters. The maximum atomic E-state index is 13.4. The summed E-state index contributed by atoms with van der Waals surface area (Å²) in [4.78, 5) is 13.9. The van der Waals surface area contributed by atoms with E-state index in [9.17, 15) is 14.3 Å². The van der Waals surface area contributed by atoms with Gasteiger partial charge in [-0.05, 0) is 31.2 Å². The number of halogens is 1. The second kappa shape index (κ2) is 5.61. The molecule has 2 aromatic carbocycles. The minimum Gasteiger partial charge on any atom is -0.508 e. The Morgan fingerprint density at radius 3 is 2.65 bits per heavy atom. The van der Waals surface area contributed by atoms with Crippen molar-refractivity contribution in [2.24, 2.45) is 0 Å². The molecule has 0 aliphatic carbocycles. The average Bonchev–Trinajstić information content (AvgIpc) is 2.42. The molecule has 2 aromatic rings. The van der Waals surface area contributed by atoms with E-state index in [4.69, 9.17) is 5.73 Å². The van der Waals surface area contributed by atoms with E-state index in [2.05, 4.69) is 0 Å². The highest BCUT2D eigenvalue weighted by atomic mass is 19.1. The molecule has 0 atom stereocenters. The molecule has 0 aromatic heterocycles. The predicted octanol–water partition coefficient (Wildman–Crippen LogP) is 2.78. The molecule has 1 amide bonds. The molecule has 5 heteroatoms. The molecule has 0 saturated carbocycles. The topological polar surface area (TPSA) is 66.6 Å². The zero-order valence-electron chi connectivity index (χ0n) is 11.0. The molecule has 4 nitrogen and oxygen atoms in total. The van der Waals surface area contributed by atoms with Crippen LogP contribution in [0.25, 0.3) is 0 Å². The molecule has 0 aliphatic rings. The van der Waals surface area contributed by atoms with E-state index < -0.39 is 11.7 Å². The fourth-order valence-corrected chi connectivity index (χ4v) is 1.97. The summed E-state index contributed by atoms with van der Waals surface area (Å²) in [5, 5.41) is 9.49. The number of rotatable bonds is 3. The number of hydrogen-bond acceptors (Lipinski definition) is 3. The van der Waals surface area contributed by atoms with Gasteiger partial charge in [-0.1, -0.05) is 12.1 Å². The van der Waals surface area contributed by atoms with Crippen LogP contribution >= 0.6 is 0 Å². The number of nitrogens with zero attached hydrogens (tertiary/aromatic N) is 1. The predicted molar refractivity (Wildman–Crippen MR) is 76.3 cm³/mol. The Hall–Kier alpha value is -2.56. The molecule has 20 heavy (non-hydrogen) atoms. The average molecular weight is 274 g/mol. The summed E-state index contributed by atoms with van der Waals surface area (Å²) in [7, 11) is 0. The van der Waals surface area contributed by atoms with Crippen LogP contribution in [0.2, 0.25) is 0 Å². The van der Waals surface area contributed by atoms with Crippen molar-refractivity contribution in [1.29, 1.82) is 0 Å². The molecule has 0 aliphatic heterocycles. The molecule has 0 fully saturated rings. The fraction of sp³-hybridized carbons (Fsp3) is 0.133. The van der Waals surface area contributed by atoms with Crippen molar-refractivity contribution < 1.29 is 14.3 Å². The highest BCUT2D eigenvalue weighted by Gasteiger charge is 2.20. The summed E-state index contributed by atoms with van der Waals surface area (Å²) in [6.07, 6.45) is 0. The monoisotopic (exact) mass is 274 g/mol. The van der Waals surface area contributed by atoms with Crippen molar-refractivity contribution >= 4 is 17.3 Å². The molecule has 0 saturated heterocycles. The summed E-state index contributed by atoms with van der Waals surface area (Å²) in [5.41, 5.74) is 6.08. The number of phenols is 1. The summed E-state index contributed by atoms with van der Waals surface area (Å²) >= 11 is 0. The van der Waals surface area contributed by atoms with Gasteiger partial charge in [0.05, 0.1) is 11.3 Å². The van der Waals surface area contributed by atoms with E-state index in [1.807, 2.05) is 0 Å². The zero-order valence-corrected chi connectivity index (χ0v) is 11.0. The Morgan fingerprint density at radius 1 is 1.30 bits per heavy atom. The summed E-state index contributed by atoms with van der Waals surface area (Å²) in [6, 6.07) is 10.4. The molecule has 0 spiro atoms. The number of carbonyl (C=O) groups excluding carboxylic acids is 1. The molecule has 0 radical (unpaired) electrons. The SMILES string of the molecule is CCN(C(=O)c1cccc(F)c1N)c1cccc(O)c1. The van der Waals surface area contributed by atoms with Gasteiger partial charge in [0.25, 0.3) is 5.91 Å².